The van der Waals surface area contributed by atoms with Crippen LogP contribution < -0.4 is 5.43 Å². The zero-order valence-electron chi connectivity index (χ0n) is 11.5. The third-order valence-electron chi connectivity index (χ3n) is 4.50. The zero-order valence-corrected chi connectivity index (χ0v) is 11.5. The van der Waals surface area contributed by atoms with Crippen LogP contribution in [0.15, 0.2) is 5.10 Å². The molecule has 2 fully saturated rings. The molecule has 0 aromatic heterocycles. The van der Waals surface area contributed by atoms with Gasteiger partial charge in [-0.2, -0.15) is 5.10 Å². The van der Waals surface area contributed by atoms with Crippen molar-refractivity contribution in [3.63, 3.8) is 0 Å². The molecule has 0 heterocycles. The van der Waals surface area contributed by atoms with Crippen LogP contribution in [0.1, 0.15) is 64.7 Å². The van der Waals surface area contributed by atoms with Gasteiger partial charge in [0.1, 0.15) is 0 Å². The van der Waals surface area contributed by atoms with E-state index in [0.717, 1.165) is 18.8 Å². The third-order valence-corrected chi connectivity index (χ3v) is 4.50. The highest BCUT2D eigenvalue weighted by Crippen LogP contribution is 2.27. The molecule has 1 N–H and O–H groups in total. The molecule has 1 amide bonds. The van der Waals surface area contributed by atoms with Gasteiger partial charge in [-0.15, -0.1) is 0 Å². The van der Waals surface area contributed by atoms with Crippen LogP contribution in [-0.2, 0) is 4.79 Å². The molecule has 102 valence electrons. The molecule has 2 rings (SSSR count). The van der Waals surface area contributed by atoms with Gasteiger partial charge >= 0.3 is 0 Å². The molecular weight excluding hydrogens is 224 g/mol. The minimum absolute atomic E-state index is 0.134. The summed E-state index contributed by atoms with van der Waals surface area (Å²) in [7, 11) is 0. The second-order valence-electron chi connectivity index (χ2n) is 6.11. The van der Waals surface area contributed by atoms with Crippen LogP contribution >= 0.6 is 0 Å². The van der Waals surface area contributed by atoms with Crippen molar-refractivity contribution in [1.82, 2.24) is 5.43 Å². The molecule has 3 heteroatoms. The van der Waals surface area contributed by atoms with Gasteiger partial charge in [0.05, 0.1) is 0 Å². The van der Waals surface area contributed by atoms with Gasteiger partial charge in [-0.3, -0.25) is 4.79 Å². The number of amides is 1. The first-order valence-corrected chi connectivity index (χ1v) is 7.58. The lowest BCUT2D eigenvalue weighted by Crippen LogP contribution is -2.28. The molecule has 18 heavy (non-hydrogen) atoms. The molecule has 0 unspecified atom stereocenters. The van der Waals surface area contributed by atoms with Crippen LogP contribution in [-0.4, -0.2) is 12.1 Å². The van der Waals surface area contributed by atoms with E-state index >= 15 is 0 Å². The summed E-state index contributed by atoms with van der Waals surface area (Å²) in [6, 6.07) is 0. The number of carbonyl (C=O) groups is 1. The number of hydrazone groups is 1. The topological polar surface area (TPSA) is 41.5 Å². The smallest absolute Gasteiger partial charge is 0.243 e. The van der Waals surface area contributed by atoms with Crippen molar-refractivity contribution >= 4 is 12.1 Å². The number of nitrogens with one attached hydrogen (secondary N) is 1. The molecule has 0 saturated heterocycles. The van der Waals surface area contributed by atoms with Gasteiger partial charge in [0.15, 0.2) is 0 Å². The quantitative estimate of drug-likeness (QED) is 0.604. The van der Waals surface area contributed by atoms with Crippen molar-refractivity contribution < 1.29 is 4.79 Å². The van der Waals surface area contributed by atoms with Crippen LogP contribution in [0.5, 0.6) is 0 Å². The minimum Gasteiger partial charge on any atom is -0.273 e. The van der Waals surface area contributed by atoms with E-state index in [1.807, 2.05) is 6.21 Å². The Morgan fingerprint density at radius 1 is 1.06 bits per heavy atom. The number of hydrogen-bond donors (Lipinski definition) is 1. The van der Waals surface area contributed by atoms with Crippen molar-refractivity contribution in [2.45, 2.75) is 64.7 Å². The third kappa shape index (κ3) is 4.11. The van der Waals surface area contributed by atoms with Crippen LogP contribution in [0.3, 0.4) is 0 Å². The Balaban J connectivity index is 1.68. The summed E-state index contributed by atoms with van der Waals surface area (Å²) >= 11 is 0. The summed E-state index contributed by atoms with van der Waals surface area (Å²) in [4.78, 5) is 11.9. The lowest BCUT2D eigenvalue weighted by molar-refractivity contribution is -0.125. The van der Waals surface area contributed by atoms with Gasteiger partial charge in [0, 0.05) is 12.1 Å². The van der Waals surface area contributed by atoms with Crippen LogP contribution in [0.2, 0.25) is 0 Å². The largest absolute Gasteiger partial charge is 0.273 e. The fraction of sp³-hybridized carbons (Fsp3) is 0.867. The fourth-order valence-electron chi connectivity index (χ4n) is 3.10. The van der Waals surface area contributed by atoms with Gasteiger partial charge in [0.2, 0.25) is 5.91 Å². The van der Waals surface area contributed by atoms with Gasteiger partial charge < -0.3 is 0 Å². The molecule has 0 aromatic carbocycles. The van der Waals surface area contributed by atoms with E-state index in [9.17, 15) is 4.79 Å². The second-order valence-corrected chi connectivity index (χ2v) is 6.11. The van der Waals surface area contributed by atoms with E-state index in [1.165, 1.54) is 44.9 Å². The molecule has 2 saturated carbocycles. The van der Waals surface area contributed by atoms with Crippen molar-refractivity contribution in [3.8, 4) is 0 Å². The molecule has 0 aliphatic heterocycles. The average Bonchev–Trinajstić information content (AvgIpc) is 2.42. The van der Waals surface area contributed by atoms with E-state index in [2.05, 4.69) is 17.5 Å². The predicted octanol–water partition coefficient (Wildman–Crippen LogP) is 3.50. The molecule has 3 nitrogen and oxygen atoms in total. The fourth-order valence-corrected chi connectivity index (χ4v) is 3.10. The van der Waals surface area contributed by atoms with Crippen LogP contribution in [0.4, 0.5) is 0 Å². The Morgan fingerprint density at radius 2 is 1.72 bits per heavy atom. The van der Waals surface area contributed by atoms with Gasteiger partial charge in [-0.1, -0.05) is 39.0 Å². The molecule has 0 radical (unpaired) electrons. The Hall–Kier alpha value is -0.860. The summed E-state index contributed by atoms with van der Waals surface area (Å²) in [6.07, 6.45) is 12.8. The predicted molar refractivity (Wildman–Crippen MR) is 74.3 cm³/mol. The Morgan fingerprint density at radius 3 is 2.39 bits per heavy atom. The van der Waals surface area contributed by atoms with Crippen molar-refractivity contribution in [3.05, 3.63) is 0 Å². The van der Waals surface area contributed by atoms with E-state index in [0.29, 0.717) is 5.92 Å². The summed E-state index contributed by atoms with van der Waals surface area (Å²) in [5.74, 6) is 1.79. The highest BCUT2D eigenvalue weighted by Gasteiger charge is 2.21. The Kier molecular flexibility index (Phi) is 5.21. The molecule has 2 aliphatic carbocycles. The van der Waals surface area contributed by atoms with E-state index in [1.54, 1.807) is 0 Å². The highest BCUT2D eigenvalue weighted by atomic mass is 16.2. The SMILES string of the molecule is CC1CCC(/C=N/NC(=O)C2CCCCC2)CC1. The molecule has 2 aliphatic rings. The minimum atomic E-state index is 0.134. The molecule has 0 atom stereocenters. The van der Waals surface area contributed by atoms with Crippen LogP contribution in [0, 0.1) is 17.8 Å². The number of carbonyl (C=O) groups excluding carboxylic acids is 1. The normalized spacial score (nSPS) is 30.5. The molecule has 0 spiro atoms. The maximum absolute atomic E-state index is 11.9. The standard InChI is InChI=1S/C15H26N2O/c1-12-7-9-13(10-8-12)11-16-17-15(18)14-5-3-2-4-6-14/h11-14H,2-10H2,1H3,(H,17,18)/b16-11+. The molecule has 0 aromatic rings. The lowest BCUT2D eigenvalue weighted by atomic mass is 9.84. The number of hydrogen-bond acceptors (Lipinski definition) is 2. The summed E-state index contributed by atoms with van der Waals surface area (Å²) in [5.41, 5.74) is 2.74. The number of nitrogens with zero attached hydrogens (tertiary/aromatic N) is 1. The van der Waals surface area contributed by atoms with E-state index in [-0.39, 0.29) is 11.8 Å². The number of rotatable bonds is 3. The average molecular weight is 250 g/mol. The highest BCUT2D eigenvalue weighted by molar-refractivity contribution is 5.79. The Bertz CT molecular complexity index is 287. The maximum Gasteiger partial charge on any atom is 0.243 e. The first-order chi connectivity index (χ1) is 8.75. The van der Waals surface area contributed by atoms with Crippen molar-refractivity contribution in [1.29, 1.82) is 0 Å². The first-order valence-electron chi connectivity index (χ1n) is 7.58. The summed E-state index contributed by atoms with van der Waals surface area (Å²) in [6.45, 7) is 2.32. The van der Waals surface area contributed by atoms with E-state index < -0.39 is 0 Å². The molecule has 0 bridgehead atoms. The van der Waals surface area contributed by atoms with E-state index in [4.69, 9.17) is 0 Å². The van der Waals surface area contributed by atoms with Gasteiger partial charge in [0.25, 0.3) is 0 Å². The van der Waals surface area contributed by atoms with Crippen LogP contribution in [0.25, 0.3) is 0 Å². The first kappa shape index (κ1) is 13.6. The van der Waals surface area contributed by atoms with Crippen molar-refractivity contribution in [2.24, 2.45) is 22.9 Å². The van der Waals surface area contributed by atoms with Crippen molar-refractivity contribution in [2.75, 3.05) is 0 Å². The zero-order chi connectivity index (χ0) is 12.8. The Labute approximate surface area is 110 Å². The van der Waals surface area contributed by atoms with Gasteiger partial charge in [-0.05, 0) is 37.5 Å². The summed E-state index contributed by atoms with van der Waals surface area (Å²) < 4.78 is 0. The lowest BCUT2D eigenvalue weighted by Gasteiger charge is -2.23. The van der Waals surface area contributed by atoms with Gasteiger partial charge in [-0.25, -0.2) is 5.43 Å². The monoisotopic (exact) mass is 250 g/mol. The maximum atomic E-state index is 11.9. The summed E-state index contributed by atoms with van der Waals surface area (Å²) in [5, 5.41) is 4.17. The molecular formula is C15H26N2O. The second kappa shape index (κ2) is 6.91.